The number of rotatable bonds is 3. The van der Waals surface area contributed by atoms with Gasteiger partial charge in [0.2, 0.25) is 0 Å². The van der Waals surface area contributed by atoms with Crippen LogP contribution in [0, 0.1) is 0 Å². The molecule has 1 aliphatic rings. The highest BCUT2D eigenvalue weighted by Gasteiger charge is 2.32. The fourth-order valence-electron chi connectivity index (χ4n) is 3.10. The summed E-state index contributed by atoms with van der Waals surface area (Å²) in [5.41, 5.74) is -0.382. The fourth-order valence-corrected chi connectivity index (χ4v) is 3.27. The van der Waals surface area contributed by atoms with E-state index in [-0.39, 0.29) is 22.0 Å². The van der Waals surface area contributed by atoms with Gasteiger partial charge >= 0.3 is 6.18 Å². The van der Waals surface area contributed by atoms with Gasteiger partial charge in [0, 0.05) is 18.1 Å². The largest absolute Gasteiger partial charge is 0.507 e. The number of carbonyl (C=O) groups is 1. The molecule has 27 heavy (non-hydrogen) atoms. The van der Waals surface area contributed by atoms with E-state index in [0.29, 0.717) is 18.8 Å². The van der Waals surface area contributed by atoms with Crippen molar-refractivity contribution in [2.45, 2.75) is 25.4 Å². The lowest BCUT2D eigenvalue weighted by atomic mass is 10.1. The van der Waals surface area contributed by atoms with Crippen LogP contribution in [0.2, 0.25) is 5.02 Å². The van der Waals surface area contributed by atoms with Gasteiger partial charge in [-0.25, -0.2) is 0 Å². The molecule has 144 valence electrons. The third-order valence-electron chi connectivity index (χ3n) is 4.47. The molecule has 1 amide bonds. The van der Waals surface area contributed by atoms with Crippen LogP contribution in [0.25, 0.3) is 0 Å². The molecule has 0 bridgehead atoms. The molecule has 0 saturated carbocycles. The Hall–Kier alpha value is -2.41. The summed E-state index contributed by atoms with van der Waals surface area (Å²) in [7, 11) is 0. The molecule has 3 rings (SSSR count). The fraction of sp³-hybridized carbons (Fsp3) is 0.316. The number of carbonyl (C=O) groups excluding carboxylic acids is 1. The molecular formula is C19H18ClF3N2O2. The van der Waals surface area contributed by atoms with Gasteiger partial charge < -0.3 is 15.3 Å². The van der Waals surface area contributed by atoms with Crippen LogP contribution in [0.3, 0.4) is 0 Å². The highest BCUT2D eigenvalue weighted by atomic mass is 35.5. The number of aromatic hydroxyl groups is 1. The minimum atomic E-state index is -4.53. The molecule has 0 radical (unpaired) electrons. The Morgan fingerprint density at radius 2 is 1.78 bits per heavy atom. The standard InChI is InChI=1S/C19H18ClF3N2O2/c20-13-5-7-17(26)14(11-13)18(27)24-15-10-12(19(21,22)23)4-6-16(15)25-8-2-1-3-9-25/h4-7,10-11,26H,1-3,8-9H2,(H,24,27). The van der Waals surface area contributed by atoms with Gasteiger partial charge in [0.05, 0.1) is 22.5 Å². The Balaban J connectivity index is 1.97. The molecule has 2 aromatic rings. The third kappa shape index (κ3) is 4.47. The zero-order valence-corrected chi connectivity index (χ0v) is 15.1. The SMILES string of the molecule is O=C(Nc1cc(C(F)(F)F)ccc1N1CCCCC1)c1cc(Cl)ccc1O. The summed E-state index contributed by atoms with van der Waals surface area (Å²) < 4.78 is 39.4. The molecule has 1 saturated heterocycles. The van der Waals surface area contributed by atoms with Crippen molar-refractivity contribution >= 4 is 28.9 Å². The highest BCUT2D eigenvalue weighted by molar-refractivity contribution is 6.31. The van der Waals surface area contributed by atoms with Gasteiger partial charge in [0.15, 0.2) is 0 Å². The normalized spacial score (nSPS) is 14.9. The summed E-state index contributed by atoms with van der Waals surface area (Å²) in [6.45, 7) is 1.41. The number of hydrogen-bond acceptors (Lipinski definition) is 3. The van der Waals surface area contributed by atoms with E-state index in [9.17, 15) is 23.1 Å². The number of phenolic OH excluding ortho intramolecular Hbond substituents is 1. The second kappa shape index (κ2) is 7.68. The lowest BCUT2D eigenvalue weighted by molar-refractivity contribution is -0.137. The summed E-state index contributed by atoms with van der Waals surface area (Å²) in [6.07, 6.45) is -1.60. The zero-order valence-electron chi connectivity index (χ0n) is 14.3. The van der Waals surface area contributed by atoms with Gasteiger partial charge in [0.25, 0.3) is 5.91 Å². The number of benzene rings is 2. The van der Waals surface area contributed by atoms with E-state index < -0.39 is 17.6 Å². The van der Waals surface area contributed by atoms with E-state index in [1.165, 1.54) is 24.3 Å². The van der Waals surface area contributed by atoms with Crippen LogP contribution in [0.4, 0.5) is 24.5 Å². The molecule has 0 atom stereocenters. The second-order valence-corrected chi connectivity index (χ2v) is 6.83. The molecule has 0 unspecified atom stereocenters. The van der Waals surface area contributed by atoms with Crippen LogP contribution < -0.4 is 10.2 Å². The van der Waals surface area contributed by atoms with Crippen molar-refractivity contribution in [2.24, 2.45) is 0 Å². The molecule has 1 aliphatic heterocycles. The Bertz CT molecular complexity index is 849. The monoisotopic (exact) mass is 398 g/mol. The number of halogens is 4. The van der Waals surface area contributed by atoms with Crippen molar-refractivity contribution in [3.63, 3.8) is 0 Å². The van der Waals surface area contributed by atoms with Crippen LogP contribution in [0.1, 0.15) is 35.2 Å². The summed E-state index contributed by atoms with van der Waals surface area (Å²) in [5.74, 6) is -1.03. The van der Waals surface area contributed by atoms with Crippen molar-refractivity contribution in [1.82, 2.24) is 0 Å². The molecule has 4 nitrogen and oxygen atoms in total. The Morgan fingerprint density at radius 3 is 2.44 bits per heavy atom. The number of anilines is 2. The van der Waals surface area contributed by atoms with Crippen LogP contribution in [0.15, 0.2) is 36.4 Å². The molecule has 0 spiro atoms. The first-order valence-electron chi connectivity index (χ1n) is 8.52. The lowest BCUT2D eigenvalue weighted by Gasteiger charge is -2.31. The van der Waals surface area contributed by atoms with E-state index >= 15 is 0 Å². The first-order chi connectivity index (χ1) is 12.8. The summed E-state index contributed by atoms with van der Waals surface area (Å²) in [6, 6.07) is 7.24. The molecule has 1 fully saturated rings. The van der Waals surface area contributed by atoms with Crippen molar-refractivity contribution in [3.05, 3.63) is 52.5 Å². The van der Waals surface area contributed by atoms with Crippen molar-refractivity contribution in [1.29, 1.82) is 0 Å². The molecule has 2 aromatic carbocycles. The number of phenols is 1. The average molecular weight is 399 g/mol. The number of alkyl halides is 3. The maximum atomic E-state index is 13.1. The number of nitrogens with zero attached hydrogens (tertiary/aromatic N) is 1. The van der Waals surface area contributed by atoms with Crippen molar-refractivity contribution < 1.29 is 23.1 Å². The van der Waals surface area contributed by atoms with Crippen LogP contribution >= 0.6 is 11.6 Å². The van der Waals surface area contributed by atoms with E-state index in [1.54, 1.807) is 0 Å². The molecule has 0 aromatic heterocycles. The Morgan fingerprint density at radius 1 is 1.07 bits per heavy atom. The zero-order chi connectivity index (χ0) is 19.6. The van der Waals surface area contributed by atoms with Crippen LogP contribution in [0.5, 0.6) is 5.75 Å². The van der Waals surface area contributed by atoms with E-state index in [0.717, 1.165) is 31.4 Å². The quantitative estimate of drug-likeness (QED) is 0.737. The molecular weight excluding hydrogens is 381 g/mol. The molecule has 1 heterocycles. The minimum absolute atomic E-state index is 0.0519. The summed E-state index contributed by atoms with van der Waals surface area (Å²) in [5, 5.41) is 12.6. The number of piperidine rings is 1. The highest BCUT2D eigenvalue weighted by Crippen LogP contribution is 2.37. The van der Waals surface area contributed by atoms with E-state index in [1.807, 2.05) is 4.90 Å². The van der Waals surface area contributed by atoms with E-state index in [4.69, 9.17) is 11.6 Å². The first-order valence-corrected chi connectivity index (χ1v) is 8.89. The number of hydrogen-bond donors (Lipinski definition) is 2. The Kier molecular flexibility index (Phi) is 5.51. The van der Waals surface area contributed by atoms with Crippen molar-refractivity contribution in [2.75, 3.05) is 23.3 Å². The average Bonchev–Trinajstić information content (AvgIpc) is 2.63. The number of amides is 1. The molecule has 8 heteroatoms. The Labute approximate surface area is 159 Å². The van der Waals surface area contributed by atoms with E-state index in [2.05, 4.69) is 5.32 Å². The smallest absolute Gasteiger partial charge is 0.416 e. The van der Waals surface area contributed by atoms with Gasteiger partial charge in [-0.05, 0) is 55.7 Å². The second-order valence-electron chi connectivity index (χ2n) is 6.39. The minimum Gasteiger partial charge on any atom is -0.507 e. The first kappa shape index (κ1) is 19.4. The third-order valence-corrected chi connectivity index (χ3v) is 4.71. The van der Waals surface area contributed by atoms with Crippen LogP contribution in [-0.2, 0) is 6.18 Å². The van der Waals surface area contributed by atoms with Gasteiger partial charge in [-0.2, -0.15) is 13.2 Å². The van der Waals surface area contributed by atoms with Crippen LogP contribution in [-0.4, -0.2) is 24.1 Å². The van der Waals surface area contributed by atoms with Gasteiger partial charge in [0.1, 0.15) is 5.75 Å². The number of nitrogens with one attached hydrogen (secondary N) is 1. The van der Waals surface area contributed by atoms with Gasteiger partial charge in [-0.1, -0.05) is 11.6 Å². The van der Waals surface area contributed by atoms with Gasteiger partial charge in [-0.15, -0.1) is 0 Å². The molecule has 2 N–H and O–H groups in total. The molecule has 0 aliphatic carbocycles. The predicted octanol–water partition coefficient (Wildman–Crippen LogP) is 5.31. The predicted molar refractivity (Wildman–Crippen MR) is 98.6 cm³/mol. The van der Waals surface area contributed by atoms with Gasteiger partial charge in [-0.3, -0.25) is 4.79 Å². The summed E-state index contributed by atoms with van der Waals surface area (Å²) in [4.78, 5) is 14.5. The lowest BCUT2D eigenvalue weighted by Crippen LogP contribution is -2.30. The summed E-state index contributed by atoms with van der Waals surface area (Å²) >= 11 is 5.85. The topological polar surface area (TPSA) is 52.6 Å². The maximum absolute atomic E-state index is 13.1. The van der Waals surface area contributed by atoms with Crippen molar-refractivity contribution in [3.8, 4) is 5.75 Å². The maximum Gasteiger partial charge on any atom is 0.416 e.